The van der Waals surface area contributed by atoms with Gasteiger partial charge in [-0.25, -0.2) is 0 Å². The SMILES string of the molecule is CN=C(NCc1cccc(NC(=O)c2ccco2)c1)NCc1ccc(C)cc1SC. The first kappa shape index (κ1) is 21.5. The number of aliphatic imine (C=N–C) groups is 1. The molecule has 0 fully saturated rings. The molecule has 3 aromatic rings. The predicted octanol–water partition coefficient (Wildman–Crippen LogP) is 4.43. The Morgan fingerprint density at radius 3 is 2.63 bits per heavy atom. The number of nitrogens with zero attached hydrogens (tertiary/aromatic N) is 1. The molecular formula is C23H26N4O2S. The fourth-order valence-corrected chi connectivity index (χ4v) is 3.65. The molecular weight excluding hydrogens is 396 g/mol. The summed E-state index contributed by atoms with van der Waals surface area (Å²) < 4.78 is 5.13. The number of furan rings is 1. The van der Waals surface area contributed by atoms with E-state index in [1.54, 1.807) is 30.9 Å². The Balaban J connectivity index is 1.55. The summed E-state index contributed by atoms with van der Waals surface area (Å²) in [5.74, 6) is 0.724. The van der Waals surface area contributed by atoms with Crippen molar-refractivity contribution in [1.82, 2.24) is 10.6 Å². The minimum absolute atomic E-state index is 0.273. The molecule has 6 nitrogen and oxygen atoms in total. The molecule has 1 amide bonds. The number of hydrogen-bond donors (Lipinski definition) is 3. The first-order valence-corrected chi connectivity index (χ1v) is 10.8. The Kier molecular flexibility index (Phi) is 7.57. The van der Waals surface area contributed by atoms with Crippen LogP contribution in [0.5, 0.6) is 0 Å². The van der Waals surface area contributed by atoms with Crippen LogP contribution in [-0.4, -0.2) is 25.2 Å². The van der Waals surface area contributed by atoms with Gasteiger partial charge in [-0.1, -0.05) is 24.3 Å². The van der Waals surface area contributed by atoms with Crippen LogP contribution in [0.2, 0.25) is 0 Å². The molecule has 3 rings (SSSR count). The molecule has 1 heterocycles. The average molecular weight is 423 g/mol. The van der Waals surface area contributed by atoms with Crippen molar-refractivity contribution in [3.8, 4) is 0 Å². The maximum Gasteiger partial charge on any atom is 0.291 e. The van der Waals surface area contributed by atoms with Crippen molar-refractivity contribution in [3.63, 3.8) is 0 Å². The highest BCUT2D eigenvalue weighted by Crippen LogP contribution is 2.21. The maximum atomic E-state index is 12.1. The molecule has 0 bridgehead atoms. The number of aryl methyl sites for hydroxylation is 1. The standard InChI is InChI=1S/C23H26N4O2S/c1-16-9-10-18(21(12-16)30-3)15-26-23(24-2)25-14-17-6-4-7-19(13-17)27-22(28)20-8-5-11-29-20/h4-13H,14-15H2,1-3H3,(H,27,28)(H2,24,25,26). The van der Waals surface area contributed by atoms with E-state index in [2.05, 4.69) is 52.3 Å². The number of anilines is 1. The first-order chi connectivity index (χ1) is 14.6. The lowest BCUT2D eigenvalue weighted by Crippen LogP contribution is -2.36. The summed E-state index contributed by atoms with van der Waals surface area (Å²) >= 11 is 1.74. The molecule has 0 saturated carbocycles. The monoisotopic (exact) mass is 422 g/mol. The fraction of sp³-hybridized carbons (Fsp3) is 0.217. The van der Waals surface area contributed by atoms with Gasteiger partial charge in [-0.15, -0.1) is 11.8 Å². The highest BCUT2D eigenvalue weighted by atomic mass is 32.2. The number of thioether (sulfide) groups is 1. The minimum atomic E-state index is -0.273. The van der Waals surface area contributed by atoms with Crippen molar-refractivity contribution in [1.29, 1.82) is 0 Å². The lowest BCUT2D eigenvalue weighted by atomic mass is 10.1. The topological polar surface area (TPSA) is 78.7 Å². The third-order valence-electron chi connectivity index (χ3n) is 4.50. The molecule has 2 aromatic carbocycles. The van der Waals surface area contributed by atoms with E-state index in [0.29, 0.717) is 24.7 Å². The molecule has 1 aromatic heterocycles. The minimum Gasteiger partial charge on any atom is -0.459 e. The molecule has 0 atom stereocenters. The summed E-state index contributed by atoms with van der Waals surface area (Å²) in [6.07, 6.45) is 3.57. The summed E-state index contributed by atoms with van der Waals surface area (Å²) in [5.41, 5.74) is 4.22. The third-order valence-corrected chi connectivity index (χ3v) is 5.32. The number of hydrogen-bond acceptors (Lipinski definition) is 4. The fourth-order valence-electron chi connectivity index (χ4n) is 2.94. The lowest BCUT2D eigenvalue weighted by molar-refractivity contribution is 0.0996. The Labute approximate surface area is 181 Å². The van der Waals surface area contributed by atoms with Crippen LogP contribution < -0.4 is 16.0 Å². The second-order valence-corrected chi connectivity index (χ2v) is 7.57. The van der Waals surface area contributed by atoms with Crippen molar-refractivity contribution in [3.05, 3.63) is 83.3 Å². The van der Waals surface area contributed by atoms with Crippen molar-refractivity contribution in [2.24, 2.45) is 4.99 Å². The highest BCUT2D eigenvalue weighted by Gasteiger charge is 2.09. The Bertz CT molecular complexity index is 1020. The normalized spacial score (nSPS) is 11.2. The Morgan fingerprint density at radius 2 is 1.90 bits per heavy atom. The second-order valence-electron chi connectivity index (χ2n) is 6.73. The van der Waals surface area contributed by atoms with E-state index in [1.807, 2.05) is 24.3 Å². The van der Waals surface area contributed by atoms with Crippen LogP contribution >= 0.6 is 11.8 Å². The lowest BCUT2D eigenvalue weighted by Gasteiger charge is -2.14. The number of benzene rings is 2. The number of amides is 1. The molecule has 0 saturated heterocycles. The average Bonchev–Trinajstić information content (AvgIpc) is 3.30. The summed E-state index contributed by atoms with van der Waals surface area (Å²) in [6, 6.07) is 17.4. The number of guanidine groups is 1. The summed E-state index contributed by atoms with van der Waals surface area (Å²) in [4.78, 5) is 17.7. The number of carbonyl (C=O) groups excluding carboxylic acids is 1. The van der Waals surface area contributed by atoms with Gasteiger partial charge < -0.3 is 20.4 Å². The van der Waals surface area contributed by atoms with Crippen LogP contribution in [0, 0.1) is 6.92 Å². The molecule has 30 heavy (non-hydrogen) atoms. The zero-order valence-corrected chi connectivity index (χ0v) is 18.2. The van der Waals surface area contributed by atoms with Gasteiger partial charge in [0.05, 0.1) is 6.26 Å². The molecule has 0 aliphatic carbocycles. The van der Waals surface area contributed by atoms with Crippen molar-refractivity contribution >= 4 is 29.3 Å². The third kappa shape index (κ3) is 5.90. The number of rotatable bonds is 7. The number of carbonyl (C=O) groups is 1. The van der Waals surface area contributed by atoms with Crippen LogP contribution in [0.4, 0.5) is 5.69 Å². The molecule has 0 unspecified atom stereocenters. The molecule has 156 valence electrons. The molecule has 0 radical (unpaired) electrons. The smallest absolute Gasteiger partial charge is 0.291 e. The van der Waals surface area contributed by atoms with E-state index in [0.717, 1.165) is 5.56 Å². The zero-order chi connectivity index (χ0) is 21.3. The second kappa shape index (κ2) is 10.5. The van der Waals surface area contributed by atoms with Gasteiger partial charge in [0, 0.05) is 30.7 Å². The van der Waals surface area contributed by atoms with E-state index in [4.69, 9.17) is 4.42 Å². The van der Waals surface area contributed by atoms with Gasteiger partial charge in [0.15, 0.2) is 11.7 Å². The van der Waals surface area contributed by atoms with Gasteiger partial charge in [0.1, 0.15) is 0 Å². The van der Waals surface area contributed by atoms with Crippen LogP contribution in [0.1, 0.15) is 27.2 Å². The van der Waals surface area contributed by atoms with Crippen molar-refractivity contribution in [2.45, 2.75) is 24.9 Å². The molecule has 0 aliphatic rings. The summed E-state index contributed by atoms with van der Waals surface area (Å²) in [7, 11) is 1.75. The van der Waals surface area contributed by atoms with Gasteiger partial charge in [0.25, 0.3) is 5.91 Å². The van der Waals surface area contributed by atoms with Crippen molar-refractivity contribution in [2.75, 3.05) is 18.6 Å². The summed E-state index contributed by atoms with van der Waals surface area (Å²) in [5, 5.41) is 9.51. The summed E-state index contributed by atoms with van der Waals surface area (Å²) in [6.45, 7) is 3.37. The zero-order valence-electron chi connectivity index (χ0n) is 17.4. The quantitative estimate of drug-likeness (QED) is 0.298. The van der Waals surface area contributed by atoms with Gasteiger partial charge >= 0.3 is 0 Å². The van der Waals surface area contributed by atoms with E-state index in [9.17, 15) is 4.79 Å². The Hall–Kier alpha value is -3.19. The highest BCUT2D eigenvalue weighted by molar-refractivity contribution is 7.98. The van der Waals surface area contributed by atoms with E-state index in [1.165, 1.54) is 22.3 Å². The van der Waals surface area contributed by atoms with E-state index in [-0.39, 0.29) is 11.7 Å². The molecule has 0 spiro atoms. The number of nitrogens with one attached hydrogen (secondary N) is 3. The van der Waals surface area contributed by atoms with Crippen LogP contribution in [0.25, 0.3) is 0 Å². The predicted molar refractivity (Wildman–Crippen MR) is 123 cm³/mol. The van der Waals surface area contributed by atoms with E-state index < -0.39 is 0 Å². The maximum absolute atomic E-state index is 12.1. The van der Waals surface area contributed by atoms with Gasteiger partial charge in [-0.2, -0.15) is 0 Å². The van der Waals surface area contributed by atoms with E-state index >= 15 is 0 Å². The van der Waals surface area contributed by atoms with Crippen molar-refractivity contribution < 1.29 is 9.21 Å². The van der Waals surface area contributed by atoms with Crippen LogP contribution in [0.3, 0.4) is 0 Å². The molecule has 7 heteroatoms. The van der Waals surface area contributed by atoms with Gasteiger partial charge in [-0.3, -0.25) is 9.79 Å². The van der Waals surface area contributed by atoms with Gasteiger partial charge in [-0.05, 0) is 60.2 Å². The van der Waals surface area contributed by atoms with Crippen LogP contribution in [-0.2, 0) is 13.1 Å². The van der Waals surface area contributed by atoms with Crippen LogP contribution in [0.15, 0.2) is 75.2 Å². The van der Waals surface area contributed by atoms with Gasteiger partial charge in [0.2, 0.25) is 0 Å². The molecule has 0 aliphatic heterocycles. The largest absolute Gasteiger partial charge is 0.459 e. The molecule has 3 N–H and O–H groups in total. The first-order valence-electron chi connectivity index (χ1n) is 9.61. The Morgan fingerprint density at radius 1 is 1.07 bits per heavy atom.